The maximum atomic E-state index is 6.01. The summed E-state index contributed by atoms with van der Waals surface area (Å²) in [6.07, 6.45) is 1.38. The first-order valence-electron chi connectivity index (χ1n) is 7.79. The van der Waals surface area contributed by atoms with E-state index in [1.54, 1.807) is 0 Å². The Morgan fingerprint density at radius 2 is 1.58 bits per heavy atom. The van der Waals surface area contributed by atoms with Gasteiger partial charge in [0.25, 0.3) is 0 Å². The minimum absolute atomic E-state index is 0.165. The Hall–Kier alpha value is -0.120. The highest BCUT2D eigenvalue weighted by Gasteiger charge is 2.16. The van der Waals surface area contributed by atoms with Crippen LogP contribution in [0.5, 0.6) is 0 Å². The molecule has 0 amide bonds. The lowest BCUT2D eigenvalue weighted by atomic mass is 10.1. The highest BCUT2D eigenvalue weighted by atomic mass is 16.5. The van der Waals surface area contributed by atoms with Crippen molar-refractivity contribution in [3.05, 3.63) is 0 Å². The Kier molecular flexibility index (Phi) is 8.88. The Morgan fingerprint density at radius 3 is 1.95 bits per heavy atom. The number of hydrogen-bond acceptors (Lipinski definition) is 3. The molecule has 1 atom stereocenters. The first kappa shape index (κ1) is 18.9. The van der Waals surface area contributed by atoms with E-state index in [1.807, 2.05) is 0 Å². The molecule has 0 saturated heterocycles. The van der Waals surface area contributed by atoms with Gasteiger partial charge in [-0.3, -0.25) is 4.90 Å². The molecule has 0 saturated carbocycles. The van der Waals surface area contributed by atoms with Gasteiger partial charge in [-0.1, -0.05) is 6.92 Å². The quantitative estimate of drug-likeness (QED) is 0.697. The fourth-order valence-corrected chi connectivity index (χ4v) is 2.18. The van der Waals surface area contributed by atoms with E-state index < -0.39 is 0 Å². The summed E-state index contributed by atoms with van der Waals surface area (Å²) in [6.45, 7) is 20.5. The number of rotatable bonds is 9. The van der Waals surface area contributed by atoms with Gasteiger partial charge in [0.05, 0.1) is 12.7 Å². The second kappa shape index (κ2) is 8.93. The van der Waals surface area contributed by atoms with Crippen LogP contribution in [0.25, 0.3) is 0 Å². The standard InChI is InChI=1S/C16H36N2O/c1-9-15(12-17-16(6,7)8)19-11-10-18(13(2)3)14(4)5/h13-15,17H,9-12H2,1-8H3. The third-order valence-corrected chi connectivity index (χ3v) is 3.35. The van der Waals surface area contributed by atoms with Gasteiger partial charge in [-0.15, -0.1) is 0 Å². The molecule has 3 nitrogen and oxygen atoms in total. The first-order chi connectivity index (χ1) is 8.67. The summed E-state index contributed by atoms with van der Waals surface area (Å²) in [6, 6.07) is 1.16. The predicted octanol–water partition coefficient (Wildman–Crippen LogP) is 3.29. The lowest BCUT2D eigenvalue weighted by molar-refractivity contribution is 0.0212. The van der Waals surface area contributed by atoms with Crippen molar-refractivity contribution in [3.63, 3.8) is 0 Å². The number of nitrogens with zero attached hydrogens (tertiary/aromatic N) is 1. The molecule has 0 aromatic heterocycles. The van der Waals surface area contributed by atoms with Gasteiger partial charge < -0.3 is 10.1 Å². The van der Waals surface area contributed by atoms with Gasteiger partial charge in [0.2, 0.25) is 0 Å². The Labute approximate surface area is 121 Å². The minimum Gasteiger partial charge on any atom is -0.376 e. The van der Waals surface area contributed by atoms with Crippen LogP contribution in [0.2, 0.25) is 0 Å². The molecule has 0 aliphatic rings. The molecule has 0 aromatic rings. The number of ether oxygens (including phenoxy) is 1. The van der Waals surface area contributed by atoms with E-state index in [0.29, 0.717) is 18.2 Å². The second-order valence-corrected chi connectivity index (χ2v) is 6.96. The van der Waals surface area contributed by atoms with Crippen molar-refractivity contribution in [3.8, 4) is 0 Å². The zero-order valence-corrected chi connectivity index (χ0v) is 14.4. The van der Waals surface area contributed by atoms with Gasteiger partial charge in [0.15, 0.2) is 0 Å². The molecule has 3 heteroatoms. The summed E-state index contributed by atoms with van der Waals surface area (Å²) in [4.78, 5) is 2.48. The van der Waals surface area contributed by atoms with Gasteiger partial charge in [0, 0.05) is 30.7 Å². The Morgan fingerprint density at radius 1 is 1.05 bits per heavy atom. The maximum Gasteiger partial charge on any atom is 0.0697 e. The minimum atomic E-state index is 0.165. The smallest absolute Gasteiger partial charge is 0.0697 e. The molecule has 0 aromatic carbocycles. The maximum absolute atomic E-state index is 6.01. The van der Waals surface area contributed by atoms with Gasteiger partial charge in [0.1, 0.15) is 0 Å². The molecule has 1 unspecified atom stereocenters. The van der Waals surface area contributed by atoms with Crippen LogP contribution in [0.1, 0.15) is 61.8 Å². The van der Waals surface area contributed by atoms with Crippen molar-refractivity contribution >= 4 is 0 Å². The number of nitrogens with one attached hydrogen (secondary N) is 1. The lowest BCUT2D eigenvalue weighted by Crippen LogP contribution is -2.43. The van der Waals surface area contributed by atoms with Gasteiger partial charge in [-0.25, -0.2) is 0 Å². The fourth-order valence-electron chi connectivity index (χ4n) is 2.18. The van der Waals surface area contributed by atoms with Gasteiger partial charge in [-0.2, -0.15) is 0 Å². The largest absolute Gasteiger partial charge is 0.376 e. The van der Waals surface area contributed by atoms with Crippen LogP contribution in [0.4, 0.5) is 0 Å². The van der Waals surface area contributed by atoms with Crippen LogP contribution in [-0.2, 0) is 4.74 Å². The van der Waals surface area contributed by atoms with Crippen LogP contribution >= 0.6 is 0 Å². The molecule has 19 heavy (non-hydrogen) atoms. The van der Waals surface area contributed by atoms with Crippen LogP contribution in [-0.4, -0.2) is 48.3 Å². The van der Waals surface area contributed by atoms with Crippen LogP contribution < -0.4 is 5.32 Å². The van der Waals surface area contributed by atoms with E-state index in [1.165, 1.54) is 0 Å². The fraction of sp³-hybridized carbons (Fsp3) is 1.00. The summed E-state index contributed by atoms with van der Waals surface area (Å²) in [7, 11) is 0. The third kappa shape index (κ3) is 9.42. The summed E-state index contributed by atoms with van der Waals surface area (Å²) in [5.74, 6) is 0. The molecule has 0 spiro atoms. The Balaban J connectivity index is 4.00. The van der Waals surface area contributed by atoms with Crippen LogP contribution in [0.15, 0.2) is 0 Å². The second-order valence-electron chi connectivity index (χ2n) is 6.96. The van der Waals surface area contributed by atoms with Gasteiger partial charge in [-0.05, 0) is 54.9 Å². The lowest BCUT2D eigenvalue weighted by Gasteiger charge is -2.31. The van der Waals surface area contributed by atoms with Crippen molar-refractivity contribution in [2.45, 2.75) is 85.5 Å². The van der Waals surface area contributed by atoms with E-state index in [9.17, 15) is 0 Å². The zero-order chi connectivity index (χ0) is 15.1. The van der Waals surface area contributed by atoms with Gasteiger partial charge >= 0.3 is 0 Å². The van der Waals surface area contributed by atoms with Crippen LogP contribution in [0, 0.1) is 0 Å². The monoisotopic (exact) mass is 272 g/mol. The highest BCUT2D eigenvalue weighted by molar-refractivity contribution is 4.73. The number of hydrogen-bond donors (Lipinski definition) is 1. The predicted molar refractivity (Wildman–Crippen MR) is 84.8 cm³/mol. The zero-order valence-electron chi connectivity index (χ0n) is 14.4. The van der Waals surface area contributed by atoms with Crippen LogP contribution in [0.3, 0.4) is 0 Å². The molecule has 0 aliphatic carbocycles. The van der Waals surface area contributed by atoms with Crippen molar-refractivity contribution < 1.29 is 4.74 Å². The molecule has 0 radical (unpaired) electrons. The summed E-state index contributed by atoms with van der Waals surface area (Å²) in [5, 5.41) is 3.52. The third-order valence-electron chi connectivity index (χ3n) is 3.35. The molecular weight excluding hydrogens is 236 g/mol. The molecule has 0 heterocycles. The first-order valence-corrected chi connectivity index (χ1v) is 7.79. The average molecular weight is 272 g/mol. The van der Waals surface area contributed by atoms with Crippen molar-refractivity contribution in [2.24, 2.45) is 0 Å². The highest BCUT2D eigenvalue weighted by Crippen LogP contribution is 2.06. The van der Waals surface area contributed by atoms with Crippen molar-refractivity contribution in [1.29, 1.82) is 0 Å². The molecule has 116 valence electrons. The normalized spacial score (nSPS) is 14.7. The van der Waals surface area contributed by atoms with Crippen molar-refractivity contribution in [1.82, 2.24) is 10.2 Å². The molecular formula is C16H36N2O. The Bertz CT molecular complexity index is 213. The molecule has 1 N–H and O–H groups in total. The average Bonchev–Trinajstić information content (AvgIpc) is 2.25. The van der Waals surface area contributed by atoms with E-state index in [0.717, 1.165) is 26.1 Å². The van der Waals surface area contributed by atoms with E-state index in [2.05, 4.69) is 65.6 Å². The topological polar surface area (TPSA) is 24.5 Å². The van der Waals surface area contributed by atoms with E-state index in [-0.39, 0.29) is 5.54 Å². The summed E-state index contributed by atoms with van der Waals surface area (Å²) < 4.78 is 6.01. The summed E-state index contributed by atoms with van der Waals surface area (Å²) >= 11 is 0. The summed E-state index contributed by atoms with van der Waals surface area (Å²) in [5.41, 5.74) is 0.165. The van der Waals surface area contributed by atoms with E-state index >= 15 is 0 Å². The van der Waals surface area contributed by atoms with Crippen molar-refractivity contribution in [2.75, 3.05) is 19.7 Å². The molecule has 0 bridgehead atoms. The molecule has 0 fully saturated rings. The SMILES string of the molecule is CCC(CNC(C)(C)C)OCCN(C(C)C)C(C)C. The molecule has 0 rings (SSSR count). The molecule has 0 aliphatic heterocycles. The van der Waals surface area contributed by atoms with E-state index in [4.69, 9.17) is 4.74 Å².